The number of anilines is 3. The molecule has 0 unspecified atom stereocenters. The van der Waals surface area contributed by atoms with Crippen molar-refractivity contribution < 1.29 is 9.53 Å². The van der Waals surface area contributed by atoms with Crippen LogP contribution in [0.1, 0.15) is 5.56 Å². The molecule has 0 saturated heterocycles. The fourth-order valence-electron chi connectivity index (χ4n) is 2.19. The van der Waals surface area contributed by atoms with Crippen molar-refractivity contribution in [2.45, 2.75) is 11.3 Å². The summed E-state index contributed by atoms with van der Waals surface area (Å²) < 4.78 is 5.90. The van der Waals surface area contributed by atoms with Crippen LogP contribution in [0.15, 0.2) is 46.8 Å². The first kappa shape index (κ1) is 19.5. The van der Waals surface area contributed by atoms with Crippen molar-refractivity contribution in [3.8, 4) is 5.75 Å². The molecule has 0 atom stereocenters. The highest BCUT2D eigenvalue weighted by molar-refractivity contribution is 8.01. The zero-order valence-corrected chi connectivity index (χ0v) is 17.0. The molecule has 1 amide bonds. The maximum Gasteiger partial charge on any atom is 0.234 e. The van der Waals surface area contributed by atoms with E-state index in [1.807, 2.05) is 37.3 Å². The number of carbonyl (C=O) groups is 1. The van der Waals surface area contributed by atoms with Crippen LogP contribution in [0.25, 0.3) is 0 Å². The van der Waals surface area contributed by atoms with Crippen molar-refractivity contribution >= 4 is 57.1 Å². The summed E-state index contributed by atoms with van der Waals surface area (Å²) >= 11 is 8.69. The zero-order valence-electron chi connectivity index (χ0n) is 14.7. The average Bonchev–Trinajstić information content (AvgIpc) is 3.10. The second-order valence-electron chi connectivity index (χ2n) is 5.53. The molecule has 2 aromatic carbocycles. The maximum atomic E-state index is 12.2. The molecule has 9 heteroatoms. The molecule has 2 N–H and O–H groups in total. The van der Waals surface area contributed by atoms with Gasteiger partial charge in [0.2, 0.25) is 11.0 Å². The first-order valence-electron chi connectivity index (χ1n) is 7.97. The topological polar surface area (TPSA) is 76.1 Å². The Hall–Kier alpha value is -2.29. The van der Waals surface area contributed by atoms with Gasteiger partial charge in [0.05, 0.1) is 12.9 Å². The van der Waals surface area contributed by atoms with Crippen LogP contribution in [0.3, 0.4) is 0 Å². The molecule has 0 fully saturated rings. The van der Waals surface area contributed by atoms with Gasteiger partial charge < -0.3 is 15.4 Å². The molecule has 6 nitrogen and oxygen atoms in total. The van der Waals surface area contributed by atoms with Crippen LogP contribution in [0.5, 0.6) is 5.75 Å². The Morgan fingerprint density at radius 3 is 2.93 bits per heavy atom. The van der Waals surface area contributed by atoms with E-state index in [1.165, 1.54) is 23.1 Å². The normalized spacial score (nSPS) is 10.5. The summed E-state index contributed by atoms with van der Waals surface area (Å²) in [6.07, 6.45) is 0. The van der Waals surface area contributed by atoms with Crippen molar-refractivity contribution in [3.05, 3.63) is 53.1 Å². The SMILES string of the molecule is COc1cccc(Nc2nnc(SCC(=O)Nc3cc(Cl)ccc3C)s2)c1. The minimum absolute atomic E-state index is 0.122. The highest BCUT2D eigenvalue weighted by atomic mass is 35.5. The number of thioether (sulfide) groups is 1. The molecule has 27 heavy (non-hydrogen) atoms. The van der Waals surface area contributed by atoms with Crippen molar-refractivity contribution in [2.75, 3.05) is 23.5 Å². The minimum atomic E-state index is -0.122. The summed E-state index contributed by atoms with van der Waals surface area (Å²) in [4.78, 5) is 12.2. The summed E-state index contributed by atoms with van der Waals surface area (Å²) in [5, 5.41) is 15.5. The lowest BCUT2D eigenvalue weighted by molar-refractivity contribution is -0.113. The average molecular weight is 421 g/mol. The van der Waals surface area contributed by atoms with Crippen molar-refractivity contribution in [1.29, 1.82) is 0 Å². The number of nitrogens with one attached hydrogen (secondary N) is 2. The molecular formula is C18H17ClN4O2S2. The summed E-state index contributed by atoms with van der Waals surface area (Å²) in [6.45, 7) is 1.92. The third kappa shape index (κ3) is 5.59. The number of amides is 1. The molecule has 0 aliphatic heterocycles. The first-order chi connectivity index (χ1) is 13.0. The Balaban J connectivity index is 1.54. The number of benzene rings is 2. The van der Waals surface area contributed by atoms with E-state index in [1.54, 1.807) is 19.2 Å². The number of aromatic nitrogens is 2. The fourth-order valence-corrected chi connectivity index (χ4v) is 3.93. The van der Waals surface area contributed by atoms with Gasteiger partial charge in [-0.05, 0) is 36.8 Å². The molecule has 3 aromatic rings. The Bertz CT molecular complexity index is 949. The van der Waals surface area contributed by atoms with Crippen LogP contribution in [0.4, 0.5) is 16.5 Å². The van der Waals surface area contributed by atoms with E-state index in [2.05, 4.69) is 20.8 Å². The van der Waals surface area contributed by atoms with E-state index in [0.717, 1.165) is 17.0 Å². The summed E-state index contributed by atoms with van der Waals surface area (Å²) in [5.74, 6) is 0.870. The van der Waals surface area contributed by atoms with Crippen LogP contribution < -0.4 is 15.4 Å². The largest absolute Gasteiger partial charge is 0.497 e. The van der Waals surface area contributed by atoms with Crippen molar-refractivity contribution in [1.82, 2.24) is 10.2 Å². The summed E-state index contributed by atoms with van der Waals surface area (Å²) in [6, 6.07) is 12.9. The number of nitrogens with zero attached hydrogens (tertiary/aromatic N) is 2. The molecule has 0 radical (unpaired) electrons. The van der Waals surface area contributed by atoms with Gasteiger partial charge in [0.15, 0.2) is 4.34 Å². The number of hydrogen-bond donors (Lipinski definition) is 2. The predicted molar refractivity (Wildman–Crippen MR) is 112 cm³/mol. The third-order valence-electron chi connectivity index (χ3n) is 3.53. The lowest BCUT2D eigenvalue weighted by Gasteiger charge is -2.08. The predicted octanol–water partition coefficient (Wildman–Crippen LogP) is 4.98. The van der Waals surface area contributed by atoms with Gasteiger partial charge in [-0.2, -0.15) is 0 Å². The number of rotatable bonds is 7. The number of aryl methyl sites for hydroxylation is 1. The Labute approximate surface area is 170 Å². The number of carbonyl (C=O) groups excluding carboxylic acids is 1. The van der Waals surface area contributed by atoms with Crippen LogP contribution in [0.2, 0.25) is 5.02 Å². The minimum Gasteiger partial charge on any atom is -0.497 e. The Kier molecular flexibility index (Phi) is 6.54. The molecule has 0 bridgehead atoms. The van der Waals surface area contributed by atoms with Gasteiger partial charge in [0, 0.05) is 22.5 Å². The zero-order chi connectivity index (χ0) is 19.2. The van der Waals surface area contributed by atoms with E-state index in [4.69, 9.17) is 16.3 Å². The van der Waals surface area contributed by atoms with Gasteiger partial charge in [-0.25, -0.2) is 0 Å². The summed E-state index contributed by atoms with van der Waals surface area (Å²) in [7, 11) is 1.62. The molecule has 0 spiro atoms. The maximum absolute atomic E-state index is 12.2. The molecule has 1 aromatic heterocycles. The first-order valence-corrected chi connectivity index (χ1v) is 10.1. The van der Waals surface area contributed by atoms with Gasteiger partial charge in [-0.3, -0.25) is 4.79 Å². The van der Waals surface area contributed by atoms with E-state index < -0.39 is 0 Å². The molecule has 1 heterocycles. The quantitative estimate of drug-likeness (QED) is 0.525. The lowest BCUT2D eigenvalue weighted by atomic mass is 10.2. The smallest absolute Gasteiger partial charge is 0.234 e. The van der Waals surface area contributed by atoms with E-state index in [0.29, 0.717) is 20.2 Å². The second-order valence-corrected chi connectivity index (χ2v) is 8.16. The molecule has 3 rings (SSSR count). The molecule has 0 saturated carbocycles. The molecule has 0 aliphatic rings. The highest BCUT2D eigenvalue weighted by Gasteiger charge is 2.10. The van der Waals surface area contributed by atoms with Crippen LogP contribution in [-0.4, -0.2) is 29.0 Å². The number of halogens is 1. The Morgan fingerprint density at radius 1 is 1.26 bits per heavy atom. The molecule has 140 valence electrons. The lowest BCUT2D eigenvalue weighted by Crippen LogP contribution is -2.14. The number of ether oxygens (including phenoxy) is 1. The number of methoxy groups -OCH3 is 1. The summed E-state index contributed by atoms with van der Waals surface area (Å²) in [5.41, 5.74) is 2.53. The van der Waals surface area contributed by atoms with Crippen LogP contribution >= 0.6 is 34.7 Å². The monoisotopic (exact) mass is 420 g/mol. The standard InChI is InChI=1S/C18H17ClN4O2S2/c1-11-6-7-12(19)8-15(11)21-16(24)10-26-18-23-22-17(27-18)20-13-4-3-5-14(9-13)25-2/h3-9H,10H2,1-2H3,(H,20,22)(H,21,24). The van der Waals surface area contributed by atoms with Crippen molar-refractivity contribution in [3.63, 3.8) is 0 Å². The van der Waals surface area contributed by atoms with Gasteiger partial charge in [-0.1, -0.05) is 46.8 Å². The third-order valence-corrected chi connectivity index (χ3v) is 5.74. The van der Waals surface area contributed by atoms with Gasteiger partial charge in [-0.15, -0.1) is 10.2 Å². The Morgan fingerprint density at radius 2 is 2.11 bits per heavy atom. The molecular weight excluding hydrogens is 404 g/mol. The van der Waals surface area contributed by atoms with Crippen molar-refractivity contribution in [2.24, 2.45) is 0 Å². The molecule has 0 aliphatic carbocycles. The highest BCUT2D eigenvalue weighted by Crippen LogP contribution is 2.29. The van der Waals surface area contributed by atoms with Gasteiger partial charge >= 0.3 is 0 Å². The van der Waals surface area contributed by atoms with Crippen LogP contribution in [-0.2, 0) is 4.79 Å². The number of hydrogen-bond acceptors (Lipinski definition) is 7. The van der Waals surface area contributed by atoms with E-state index >= 15 is 0 Å². The van der Waals surface area contributed by atoms with Gasteiger partial charge in [0.25, 0.3) is 0 Å². The van der Waals surface area contributed by atoms with E-state index in [-0.39, 0.29) is 11.7 Å². The second kappa shape index (κ2) is 9.07. The van der Waals surface area contributed by atoms with E-state index in [9.17, 15) is 4.79 Å². The van der Waals surface area contributed by atoms with Crippen LogP contribution in [0, 0.1) is 6.92 Å². The fraction of sp³-hybridized carbons (Fsp3) is 0.167. The van der Waals surface area contributed by atoms with Gasteiger partial charge in [0.1, 0.15) is 5.75 Å².